The van der Waals surface area contributed by atoms with Crippen molar-refractivity contribution in [1.29, 1.82) is 0 Å². The number of nitrogens with zero attached hydrogens (tertiary/aromatic N) is 1. The van der Waals surface area contributed by atoms with Crippen LogP contribution in [0.4, 0.5) is 0 Å². The zero-order valence-electron chi connectivity index (χ0n) is 11.5. The Morgan fingerprint density at radius 1 is 1.33 bits per heavy atom. The summed E-state index contributed by atoms with van der Waals surface area (Å²) in [5.74, 6) is -0.00925. The molecule has 0 aromatic heterocycles. The number of unbranched alkanes of at least 4 members (excludes halogenated alkanes) is 2. The molecule has 0 fully saturated rings. The molecule has 1 amide bonds. The highest BCUT2D eigenvalue weighted by atomic mass is 16.2. The first-order chi connectivity index (χ1) is 8.63. The number of carbonyl (C=O) groups excluding carboxylic acids is 1. The van der Waals surface area contributed by atoms with Crippen molar-refractivity contribution in [2.45, 2.75) is 46.5 Å². The van der Waals surface area contributed by atoms with E-state index in [1.807, 2.05) is 13.8 Å². The van der Waals surface area contributed by atoms with Gasteiger partial charge in [0.2, 0.25) is 5.91 Å². The Kier molecular flexibility index (Phi) is 6.12. The van der Waals surface area contributed by atoms with Crippen molar-refractivity contribution in [3.8, 4) is 0 Å². The van der Waals surface area contributed by atoms with Gasteiger partial charge in [-0.1, -0.05) is 43.5 Å². The van der Waals surface area contributed by atoms with Crippen molar-refractivity contribution in [1.82, 2.24) is 5.43 Å². The lowest BCUT2D eigenvalue weighted by atomic mass is 10.1. The number of rotatable bonds is 6. The van der Waals surface area contributed by atoms with Crippen molar-refractivity contribution in [3.05, 3.63) is 34.9 Å². The molecule has 1 aromatic rings. The number of hydrogen-bond donors (Lipinski definition) is 1. The van der Waals surface area contributed by atoms with Gasteiger partial charge in [0.15, 0.2) is 0 Å². The second kappa shape index (κ2) is 7.64. The minimum atomic E-state index is -0.00925. The van der Waals surface area contributed by atoms with Crippen LogP contribution in [0.25, 0.3) is 0 Å². The fraction of sp³-hybridized carbons (Fsp3) is 0.467. The van der Waals surface area contributed by atoms with Gasteiger partial charge >= 0.3 is 0 Å². The molecule has 1 rings (SSSR count). The molecule has 0 aliphatic heterocycles. The van der Waals surface area contributed by atoms with Crippen molar-refractivity contribution < 1.29 is 4.79 Å². The maximum absolute atomic E-state index is 11.4. The molecule has 0 atom stereocenters. The minimum absolute atomic E-state index is 0.00925. The third-order valence-electron chi connectivity index (χ3n) is 2.84. The Labute approximate surface area is 109 Å². The van der Waals surface area contributed by atoms with Crippen molar-refractivity contribution in [2.75, 3.05) is 0 Å². The topological polar surface area (TPSA) is 41.5 Å². The van der Waals surface area contributed by atoms with Crippen LogP contribution in [-0.4, -0.2) is 12.1 Å². The van der Waals surface area contributed by atoms with Crippen LogP contribution in [0, 0.1) is 13.8 Å². The Bertz CT molecular complexity index is 425. The van der Waals surface area contributed by atoms with Crippen LogP contribution in [0.5, 0.6) is 0 Å². The molecule has 0 unspecified atom stereocenters. The summed E-state index contributed by atoms with van der Waals surface area (Å²) < 4.78 is 0. The van der Waals surface area contributed by atoms with Gasteiger partial charge < -0.3 is 0 Å². The lowest BCUT2D eigenvalue weighted by Gasteiger charge is -2.02. The van der Waals surface area contributed by atoms with Gasteiger partial charge in [-0.2, -0.15) is 5.10 Å². The average Bonchev–Trinajstić information content (AvgIpc) is 2.34. The lowest BCUT2D eigenvalue weighted by Crippen LogP contribution is -2.16. The zero-order chi connectivity index (χ0) is 13.4. The maximum atomic E-state index is 11.4. The SMILES string of the molecule is CCCCCC(=O)N/N=C\c1cc(C)ccc1C. The standard InChI is InChI=1S/C15H22N2O/c1-4-5-6-7-15(18)17-16-11-14-10-12(2)8-9-13(14)3/h8-11H,4-7H2,1-3H3,(H,17,18)/b16-11-. The van der Waals surface area contributed by atoms with Crippen molar-refractivity contribution in [2.24, 2.45) is 5.10 Å². The number of amides is 1. The third kappa shape index (κ3) is 5.13. The van der Waals surface area contributed by atoms with E-state index in [9.17, 15) is 4.79 Å². The highest BCUT2D eigenvalue weighted by molar-refractivity contribution is 5.84. The molecule has 0 radical (unpaired) electrons. The molecule has 3 nitrogen and oxygen atoms in total. The van der Waals surface area contributed by atoms with Crippen LogP contribution >= 0.6 is 0 Å². The van der Waals surface area contributed by atoms with E-state index in [4.69, 9.17) is 0 Å². The number of nitrogens with one attached hydrogen (secondary N) is 1. The summed E-state index contributed by atoms with van der Waals surface area (Å²) in [4.78, 5) is 11.4. The molecule has 0 heterocycles. The second-order valence-corrected chi connectivity index (χ2v) is 4.61. The smallest absolute Gasteiger partial charge is 0.240 e. The van der Waals surface area contributed by atoms with Gasteiger partial charge in [0.25, 0.3) is 0 Å². The van der Waals surface area contributed by atoms with E-state index >= 15 is 0 Å². The fourth-order valence-corrected chi connectivity index (χ4v) is 1.66. The highest BCUT2D eigenvalue weighted by Crippen LogP contribution is 2.07. The average molecular weight is 246 g/mol. The molecule has 0 aliphatic carbocycles. The summed E-state index contributed by atoms with van der Waals surface area (Å²) in [7, 11) is 0. The summed E-state index contributed by atoms with van der Waals surface area (Å²) in [5.41, 5.74) is 5.96. The molecule has 0 spiro atoms. The van der Waals surface area contributed by atoms with Gasteiger partial charge in [-0.25, -0.2) is 5.43 Å². The molecule has 3 heteroatoms. The lowest BCUT2D eigenvalue weighted by molar-refractivity contribution is -0.121. The van der Waals surface area contributed by atoms with Gasteiger partial charge in [0.05, 0.1) is 6.21 Å². The van der Waals surface area contributed by atoms with Crippen molar-refractivity contribution >= 4 is 12.1 Å². The predicted octanol–water partition coefficient (Wildman–Crippen LogP) is 3.33. The van der Waals surface area contributed by atoms with Crippen molar-refractivity contribution in [3.63, 3.8) is 0 Å². The van der Waals surface area contributed by atoms with Gasteiger partial charge in [-0.15, -0.1) is 0 Å². The first kappa shape index (κ1) is 14.4. The molecule has 0 saturated carbocycles. The zero-order valence-corrected chi connectivity index (χ0v) is 11.5. The van der Waals surface area contributed by atoms with Crippen LogP contribution in [0.2, 0.25) is 0 Å². The summed E-state index contributed by atoms with van der Waals surface area (Å²) in [5, 5.41) is 4.00. The normalized spacial score (nSPS) is 10.8. The van der Waals surface area contributed by atoms with E-state index in [1.165, 1.54) is 5.56 Å². The minimum Gasteiger partial charge on any atom is -0.273 e. The first-order valence-corrected chi connectivity index (χ1v) is 6.52. The van der Waals surface area contributed by atoms with Gasteiger partial charge in [0.1, 0.15) is 0 Å². The summed E-state index contributed by atoms with van der Waals surface area (Å²) in [6.07, 6.45) is 5.41. The third-order valence-corrected chi connectivity index (χ3v) is 2.84. The van der Waals surface area contributed by atoms with E-state index in [1.54, 1.807) is 6.21 Å². The second-order valence-electron chi connectivity index (χ2n) is 4.61. The summed E-state index contributed by atoms with van der Waals surface area (Å²) in [6, 6.07) is 6.18. The van der Waals surface area contributed by atoms with Crippen LogP contribution < -0.4 is 5.43 Å². The predicted molar refractivity (Wildman–Crippen MR) is 75.8 cm³/mol. The molecular weight excluding hydrogens is 224 g/mol. The van der Waals surface area contributed by atoms with E-state index < -0.39 is 0 Å². The monoisotopic (exact) mass is 246 g/mol. The Morgan fingerprint density at radius 3 is 2.83 bits per heavy atom. The quantitative estimate of drug-likeness (QED) is 0.467. The van der Waals surface area contributed by atoms with Gasteiger partial charge in [-0.3, -0.25) is 4.79 Å². The molecule has 98 valence electrons. The van der Waals surface area contributed by atoms with E-state index in [0.717, 1.165) is 30.4 Å². The molecule has 18 heavy (non-hydrogen) atoms. The fourth-order valence-electron chi connectivity index (χ4n) is 1.66. The number of hydrogen-bond acceptors (Lipinski definition) is 2. The highest BCUT2D eigenvalue weighted by Gasteiger charge is 1.99. The van der Waals surface area contributed by atoms with Crippen LogP contribution in [0.15, 0.2) is 23.3 Å². The number of carbonyl (C=O) groups is 1. The summed E-state index contributed by atoms with van der Waals surface area (Å²) >= 11 is 0. The number of benzene rings is 1. The largest absolute Gasteiger partial charge is 0.273 e. The molecule has 1 N–H and O–H groups in total. The molecular formula is C15H22N2O. The van der Waals surface area contributed by atoms with Crippen LogP contribution in [0.3, 0.4) is 0 Å². The molecule has 0 bridgehead atoms. The van der Waals surface area contributed by atoms with Gasteiger partial charge in [-0.05, 0) is 31.4 Å². The van der Waals surface area contributed by atoms with Crippen LogP contribution in [-0.2, 0) is 4.79 Å². The maximum Gasteiger partial charge on any atom is 0.240 e. The Hall–Kier alpha value is -1.64. The van der Waals surface area contributed by atoms with E-state index in [2.05, 4.69) is 35.7 Å². The number of hydrazone groups is 1. The number of aryl methyl sites for hydroxylation is 2. The Morgan fingerprint density at radius 2 is 2.11 bits per heavy atom. The van der Waals surface area contributed by atoms with Gasteiger partial charge in [0, 0.05) is 6.42 Å². The van der Waals surface area contributed by atoms with E-state index in [-0.39, 0.29) is 5.91 Å². The molecule has 1 aromatic carbocycles. The first-order valence-electron chi connectivity index (χ1n) is 6.52. The summed E-state index contributed by atoms with van der Waals surface area (Å²) in [6.45, 7) is 6.19. The van der Waals surface area contributed by atoms with Crippen LogP contribution in [0.1, 0.15) is 49.3 Å². The Balaban J connectivity index is 2.44. The molecule has 0 aliphatic rings. The van der Waals surface area contributed by atoms with E-state index in [0.29, 0.717) is 6.42 Å². The molecule has 0 saturated heterocycles.